The van der Waals surface area contributed by atoms with Gasteiger partial charge in [-0.1, -0.05) is 59.3 Å². The van der Waals surface area contributed by atoms with E-state index in [-0.39, 0.29) is 5.41 Å². The Morgan fingerprint density at radius 1 is 0.778 bits per heavy atom. The minimum absolute atomic E-state index is 0.165. The van der Waals surface area contributed by atoms with E-state index < -0.39 is 11.6 Å². The molecule has 0 fully saturated rings. The van der Waals surface area contributed by atoms with E-state index >= 15 is 0 Å². The fraction of sp³-hybridized carbons (Fsp3) is 1.00. The first-order valence-corrected chi connectivity index (χ1v) is 11.3. The molecule has 0 heterocycles. The second-order valence-corrected chi connectivity index (χ2v) is 8.24. The molecule has 0 aromatic rings. The zero-order chi connectivity index (χ0) is 21.0. The molecule has 5 heteroatoms. The molecule has 0 saturated heterocycles. The molecule has 164 valence electrons. The molecule has 0 amide bonds. The number of unbranched alkanes of at least 4 members (excludes halogenated alkanes) is 4. The standard InChI is InChI=1S/C22H49N3O2/c1-7-12-13-14-15-16-19(8-2)21(9-3,17-18-22(23,24)25)20(6,26-10-4)27-11-5/h19H,7-18,23-25H2,1-6H3. The number of rotatable bonds is 17. The van der Waals surface area contributed by atoms with Crippen LogP contribution in [0.4, 0.5) is 0 Å². The SMILES string of the molecule is CCCCCCCC(CC)C(CC)(CCC(N)(N)N)C(C)(OCC)OCC. The maximum atomic E-state index is 6.27. The third-order valence-corrected chi connectivity index (χ3v) is 6.31. The molecule has 0 aromatic carbocycles. The first-order chi connectivity index (χ1) is 12.7. The van der Waals surface area contributed by atoms with Gasteiger partial charge in [0.1, 0.15) is 5.79 Å². The Hall–Kier alpha value is -0.200. The van der Waals surface area contributed by atoms with Gasteiger partial charge in [-0.25, -0.2) is 0 Å². The van der Waals surface area contributed by atoms with Crippen molar-refractivity contribution in [1.82, 2.24) is 0 Å². The van der Waals surface area contributed by atoms with Gasteiger partial charge in [-0.05, 0) is 52.4 Å². The fourth-order valence-corrected chi connectivity index (χ4v) is 4.77. The molecule has 5 nitrogen and oxygen atoms in total. The predicted molar refractivity (Wildman–Crippen MR) is 116 cm³/mol. The maximum absolute atomic E-state index is 6.27. The molecule has 0 aliphatic rings. The van der Waals surface area contributed by atoms with E-state index in [0.29, 0.717) is 25.6 Å². The Kier molecular flexibility index (Phi) is 13.0. The smallest absolute Gasteiger partial charge is 0.171 e. The number of nitrogens with two attached hydrogens (primary N) is 3. The Morgan fingerprint density at radius 2 is 1.33 bits per heavy atom. The quantitative estimate of drug-likeness (QED) is 0.244. The molecule has 0 aromatic heterocycles. The molecule has 0 radical (unpaired) electrons. The van der Waals surface area contributed by atoms with Crippen LogP contribution in [0.3, 0.4) is 0 Å². The zero-order valence-electron chi connectivity index (χ0n) is 19.1. The van der Waals surface area contributed by atoms with Gasteiger partial charge in [0.25, 0.3) is 0 Å². The second-order valence-electron chi connectivity index (χ2n) is 8.24. The van der Waals surface area contributed by atoms with E-state index in [1.54, 1.807) is 0 Å². The lowest BCUT2D eigenvalue weighted by molar-refractivity contribution is -0.304. The van der Waals surface area contributed by atoms with Crippen LogP contribution >= 0.6 is 0 Å². The summed E-state index contributed by atoms with van der Waals surface area (Å²) in [6, 6.07) is 0. The second kappa shape index (κ2) is 13.1. The van der Waals surface area contributed by atoms with E-state index in [2.05, 4.69) is 27.7 Å². The summed E-state index contributed by atoms with van der Waals surface area (Å²) in [7, 11) is 0. The van der Waals surface area contributed by atoms with Crippen molar-refractivity contribution in [2.24, 2.45) is 28.5 Å². The average Bonchev–Trinajstić information content (AvgIpc) is 2.59. The van der Waals surface area contributed by atoms with Crippen LogP contribution in [0.1, 0.15) is 106 Å². The third kappa shape index (κ3) is 8.36. The lowest BCUT2D eigenvalue weighted by atomic mass is 9.62. The van der Waals surface area contributed by atoms with E-state index in [4.69, 9.17) is 26.7 Å². The molecule has 2 atom stereocenters. The van der Waals surface area contributed by atoms with Crippen LogP contribution in [0.2, 0.25) is 0 Å². The molecule has 27 heavy (non-hydrogen) atoms. The zero-order valence-corrected chi connectivity index (χ0v) is 19.1. The molecular formula is C22H49N3O2. The van der Waals surface area contributed by atoms with Gasteiger partial charge in [0.05, 0.1) is 0 Å². The van der Waals surface area contributed by atoms with E-state index in [1.807, 2.05) is 13.8 Å². The molecule has 0 aliphatic carbocycles. The van der Waals surface area contributed by atoms with E-state index in [9.17, 15) is 0 Å². The summed E-state index contributed by atoms with van der Waals surface area (Å²) in [4.78, 5) is 0. The lowest BCUT2D eigenvalue weighted by Crippen LogP contribution is -2.60. The van der Waals surface area contributed by atoms with Crippen molar-refractivity contribution in [1.29, 1.82) is 0 Å². The van der Waals surface area contributed by atoms with Gasteiger partial charge in [0, 0.05) is 18.6 Å². The summed E-state index contributed by atoms with van der Waals surface area (Å²) < 4.78 is 12.5. The lowest BCUT2D eigenvalue weighted by Gasteiger charge is -2.52. The van der Waals surface area contributed by atoms with E-state index in [0.717, 1.165) is 19.3 Å². The minimum Gasteiger partial charge on any atom is -0.350 e. The highest BCUT2D eigenvalue weighted by atomic mass is 16.7. The largest absolute Gasteiger partial charge is 0.350 e. The highest BCUT2D eigenvalue weighted by Gasteiger charge is 2.53. The molecule has 0 spiro atoms. The molecule has 0 rings (SSSR count). The molecular weight excluding hydrogens is 338 g/mol. The van der Waals surface area contributed by atoms with Crippen molar-refractivity contribution in [2.75, 3.05) is 13.2 Å². The van der Waals surface area contributed by atoms with Crippen molar-refractivity contribution >= 4 is 0 Å². The van der Waals surface area contributed by atoms with Crippen LogP contribution in [0, 0.1) is 11.3 Å². The van der Waals surface area contributed by atoms with Gasteiger partial charge in [-0.2, -0.15) is 0 Å². The first-order valence-electron chi connectivity index (χ1n) is 11.3. The van der Waals surface area contributed by atoms with Crippen LogP contribution in [0.15, 0.2) is 0 Å². The van der Waals surface area contributed by atoms with Crippen LogP contribution in [0.25, 0.3) is 0 Å². The number of hydrogen-bond acceptors (Lipinski definition) is 5. The summed E-state index contributed by atoms with van der Waals surface area (Å²) in [5.74, 6) is -1.35. The minimum atomic E-state index is -1.17. The summed E-state index contributed by atoms with van der Waals surface area (Å²) in [5.41, 5.74) is 17.7. The normalized spacial score (nSPS) is 16.3. The van der Waals surface area contributed by atoms with Gasteiger partial charge >= 0.3 is 0 Å². The summed E-state index contributed by atoms with van der Waals surface area (Å²) in [6.45, 7) is 14.2. The number of ether oxygens (including phenoxy) is 2. The van der Waals surface area contributed by atoms with Crippen molar-refractivity contribution in [3.8, 4) is 0 Å². The van der Waals surface area contributed by atoms with Gasteiger partial charge in [0.15, 0.2) is 5.79 Å². The van der Waals surface area contributed by atoms with E-state index in [1.165, 1.54) is 38.5 Å². The number of hydrogen-bond donors (Lipinski definition) is 3. The third-order valence-electron chi connectivity index (χ3n) is 6.31. The van der Waals surface area contributed by atoms with Crippen molar-refractivity contribution in [2.45, 2.75) is 117 Å². The monoisotopic (exact) mass is 387 g/mol. The topological polar surface area (TPSA) is 96.5 Å². The maximum Gasteiger partial charge on any atom is 0.171 e. The molecule has 0 saturated carbocycles. The average molecular weight is 388 g/mol. The van der Waals surface area contributed by atoms with Crippen LogP contribution in [-0.4, -0.2) is 24.8 Å². The van der Waals surface area contributed by atoms with Gasteiger partial charge in [-0.3, -0.25) is 0 Å². The molecule has 0 aliphatic heterocycles. The summed E-state index contributed by atoms with van der Waals surface area (Å²) in [6.07, 6.45) is 11.0. The van der Waals surface area contributed by atoms with Gasteiger partial charge in [0.2, 0.25) is 0 Å². The summed E-state index contributed by atoms with van der Waals surface area (Å²) >= 11 is 0. The first kappa shape index (κ1) is 26.8. The molecule has 0 bridgehead atoms. The van der Waals surface area contributed by atoms with Crippen molar-refractivity contribution < 1.29 is 9.47 Å². The van der Waals surface area contributed by atoms with Crippen molar-refractivity contribution in [3.05, 3.63) is 0 Å². The predicted octanol–water partition coefficient (Wildman–Crippen LogP) is 4.87. The van der Waals surface area contributed by atoms with Gasteiger partial charge in [-0.15, -0.1) is 0 Å². The Labute approximate surface area is 169 Å². The Morgan fingerprint density at radius 3 is 1.74 bits per heavy atom. The van der Waals surface area contributed by atoms with Crippen LogP contribution in [-0.2, 0) is 9.47 Å². The highest BCUT2D eigenvalue weighted by molar-refractivity contribution is 4.97. The highest BCUT2D eigenvalue weighted by Crippen LogP contribution is 2.52. The van der Waals surface area contributed by atoms with Crippen molar-refractivity contribution in [3.63, 3.8) is 0 Å². The molecule has 2 unspecified atom stereocenters. The van der Waals surface area contributed by atoms with Gasteiger partial charge < -0.3 is 26.7 Å². The van der Waals surface area contributed by atoms with Crippen LogP contribution in [0.5, 0.6) is 0 Å². The Bertz CT molecular complexity index is 365. The van der Waals surface area contributed by atoms with Crippen LogP contribution < -0.4 is 17.2 Å². The molecule has 6 N–H and O–H groups in total. The summed E-state index contributed by atoms with van der Waals surface area (Å²) in [5, 5.41) is 0. The fourth-order valence-electron chi connectivity index (χ4n) is 4.77. The Balaban J connectivity index is 5.66.